The lowest BCUT2D eigenvalue weighted by atomic mass is 10.1. The number of nitrogens with one attached hydrogen (secondary N) is 1. The molecule has 0 bridgehead atoms. The summed E-state index contributed by atoms with van der Waals surface area (Å²) in [5.41, 5.74) is 1.86. The van der Waals surface area contributed by atoms with Crippen LogP contribution < -0.4 is 4.87 Å². The fourth-order valence-corrected chi connectivity index (χ4v) is 2.53. The number of pyridine rings is 1. The molecule has 0 aliphatic carbocycles. The summed E-state index contributed by atoms with van der Waals surface area (Å²) in [6, 6.07) is 8.63. The second-order valence-electron chi connectivity index (χ2n) is 3.80. The molecule has 0 unspecified atom stereocenters. The van der Waals surface area contributed by atoms with Gasteiger partial charge in [-0.15, -0.1) is 0 Å². The average Bonchev–Trinajstić information content (AvgIpc) is 2.88. The molecular weight excluding hydrogens is 272 g/mol. The molecule has 0 saturated carbocycles. The Hall–Kier alpha value is -2.27. The highest BCUT2D eigenvalue weighted by atomic mass is 32.1. The lowest BCUT2D eigenvalue weighted by molar-refractivity contribution is 0.103. The normalized spacial score (nSPS) is 9.90. The molecule has 0 radical (unpaired) electrons. The van der Waals surface area contributed by atoms with E-state index in [4.69, 9.17) is 0 Å². The highest BCUT2D eigenvalue weighted by molar-refractivity contribution is 7.16. The Labute approximate surface area is 120 Å². The predicted octanol–water partition coefficient (Wildman–Crippen LogP) is 3.24. The van der Waals surface area contributed by atoms with Crippen LogP contribution in [-0.2, 0) is 0 Å². The third-order valence-corrected chi connectivity index (χ3v) is 3.45. The molecule has 2 heterocycles. The molecule has 0 aliphatic rings. The maximum atomic E-state index is 12.2. The zero-order valence-corrected chi connectivity index (χ0v) is 12.0. The Bertz CT molecular complexity index is 775. The van der Waals surface area contributed by atoms with Crippen LogP contribution in [0.3, 0.4) is 0 Å². The molecule has 20 heavy (non-hydrogen) atoms. The van der Waals surface area contributed by atoms with Crippen molar-refractivity contribution in [1.29, 1.82) is 0 Å². The standard InChI is InChI=1S/C13H8N2O2S.C2H6/c16-12(9-2-1-5-14-7-9)8-3-4-10-11(6-8)18-13(17)15-10;1-2/h1-7H,(H,15,17);1-2H3. The monoisotopic (exact) mass is 286 g/mol. The van der Waals surface area contributed by atoms with Crippen LogP contribution >= 0.6 is 11.3 Å². The number of benzene rings is 1. The van der Waals surface area contributed by atoms with Gasteiger partial charge in [0.1, 0.15) is 0 Å². The van der Waals surface area contributed by atoms with Crippen molar-refractivity contribution in [3.05, 3.63) is 63.5 Å². The number of aromatic nitrogens is 2. The van der Waals surface area contributed by atoms with E-state index < -0.39 is 0 Å². The molecule has 3 aromatic rings. The van der Waals surface area contributed by atoms with E-state index in [2.05, 4.69) is 9.97 Å². The van der Waals surface area contributed by atoms with E-state index >= 15 is 0 Å². The summed E-state index contributed by atoms with van der Waals surface area (Å²) in [5, 5.41) is 0. The summed E-state index contributed by atoms with van der Waals surface area (Å²) in [4.78, 5) is 29.9. The smallest absolute Gasteiger partial charge is 0.305 e. The van der Waals surface area contributed by atoms with E-state index in [1.807, 2.05) is 13.8 Å². The molecule has 2 aromatic heterocycles. The van der Waals surface area contributed by atoms with Gasteiger partial charge in [-0.2, -0.15) is 0 Å². The van der Waals surface area contributed by atoms with Gasteiger partial charge in [0, 0.05) is 23.5 Å². The van der Waals surface area contributed by atoms with E-state index in [1.54, 1.807) is 36.5 Å². The highest BCUT2D eigenvalue weighted by Gasteiger charge is 2.10. The Balaban J connectivity index is 0.000000704. The molecule has 1 N–H and O–H groups in total. The molecule has 0 amide bonds. The minimum atomic E-state index is -0.115. The van der Waals surface area contributed by atoms with Crippen molar-refractivity contribution in [2.45, 2.75) is 13.8 Å². The van der Waals surface area contributed by atoms with Gasteiger partial charge < -0.3 is 4.98 Å². The number of hydrogen-bond acceptors (Lipinski definition) is 4. The number of carbonyl (C=O) groups is 1. The van der Waals surface area contributed by atoms with Crippen molar-refractivity contribution in [2.24, 2.45) is 0 Å². The molecule has 0 aliphatic heterocycles. The van der Waals surface area contributed by atoms with Crippen LogP contribution in [0.25, 0.3) is 10.2 Å². The van der Waals surface area contributed by atoms with Crippen molar-refractivity contribution in [1.82, 2.24) is 9.97 Å². The number of rotatable bonds is 2. The van der Waals surface area contributed by atoms with E-state index in [9.17, 15) is 9.59 Å². The quantitative estimate of drug-likeness (QED) is 0.736. The second-order valence-corrected chi connectivity index (χ2v) is 4.81. The van der Waals surface area contributed by atoms with Gasteiger partial charge >= 0.3 is 4.87 Å². The van der Waals surface area contributed by atoms with Crippen molar-refractivity contribution >= 4 is 27.3 Å². The van der Waals surface area contributed by atoms with E-state index in [0.717, 1.165) is 21.6 Å². The van der Waals surface area contributed by atoms with Crippen LogP contribution in [0, 0.1) is 0 Å². The van der Waals surface area contributed by atoms with Gasteiger partial charge in [-0.05, 0) is 30.3 Å². The Kier molecular flexibility index (Phi) is 4.42. The number of ketones is 1. The molecule has 102 valence electrons. The van der Waals surface area contributed by atoms with Crippen LogP contribution in [0.5, 0.6) is 0 Å². The summed E-state index contributed by atoms with van der Waals surface area (Å²) in [5.74, 6) is -0.0918. The maximum Gasteiger partial charge on any atom is 0.305 e. The Morgan fingerprint density at radius 1 is 1.20 bits per heavy atom. The average molecular weight is 286 g/mol. The van der Waals surface area contributed by atoms with Gasteiger partial charge in [0.2, 0.25) is 0 Å². The van der Waals surface area contributed by atoms with Crippen LogP contribution in [0.2, 0.25) is 0 Å². The minimum absolute atomic E-state index is 0.0918. The van der Waals surface area contributed by atoms with Gasteiger partial charge in [0.15, 0.2) is 5.78 Å². The topological polar surface area (TPSA) is 62.8 Å². The minimum Gasteiger partial charge on any atom is -0.312 e. The van der Waals surface area contributed by atoms with E-state index in [0.29, 0.717) is 11.1 Å². The molecule has 0 saturated heterocycles. The molecule has 5 heteroatoms. The first kappa shape index (κ1) is 14.1. The fourth-order valence-electron chi connectivity index (χ4n) is 1.75. The number of aromatic amines is 1. The first-order valence-corrected chi connectivity index (χ1v) is 7.13. The number of fused-ring (bicyclic) bond motifs is 1. The second kappa shape index (κ2) is 6.25. The summed E-state index contributed by atoms with van der Waals surface area (Å²) in [6.07, 6.45) is 3.16. The highest BCUT2D eigenvalue weighted by Crippen LogP contribution is 2.18. The number of hydrogen-bond donors (Lipinski definition) is 1. The van der Waals surface area contributed by atoms with Crippen molar-refractivity contribution < 1.29 is 4.79 Å². The van der Waals surface area contributed by atoms with Crippen molar-refractivity contribution in [3.63, 3.8) is 0 Å². The maximum absolute atomic E-state index is 12.2. The van der Waals surface area contributed by atoms with Gasteiger partial charge in [-0.3, -0.25) is 14.6 Å². The zero-order valence-electron chi connectivity index (χ0n) is 11.2. The molecule has 4 nitrogen and oxygen atoms in total. The number of nitrogens with zero attached hydrogens (tertiary/aromatic N) is 1. The first-order valence-electron chi connectivity index (χ1n) is 6.31. The van der Waals surface area contributed by atoms with Gasteiger partial charge in [-0.1, -0.05) is 25.2 Å². The Morgan fingerprint density at radius 3 is 2.70 bits per heavy atom. The van der Waals surface area contributed by atoms with Gasteiger partial charge in [0.25, 0.3) is 0 Å². The molecule has 0 fully saturated rings. The molecule has 1 aromatic carbocycles. The van der Waals surface area contributed by atoms with Crippen molar-refractivity contribution in [2.75, 3.05) is 0 Å². The first-order chi connectivity index (χ1) is 9.74. The zero-order chi connectivity index (χ0) is 14.5. The lowest BCUT2D eigenvalue weighted by Gasteiger charge is -2.00. The summed E-state index contributed by atoms with van der Waals surface area (Å²) >= 11 is 1.10. The summed E-state index contributed by atoms with van der Waals surface area (Å²) in [7, 11) is 0. The molecule has 0 spiro atoms. The molecule has 0 atom stereocenters. The van der Waals surface area contributed by atoms with Gasteiger partial charge in [-0.25, -0.2) is 0 Å². The van der Waals surface area contributed by atoms with Crippen LogP contribution in [0.4, 0.5) is 0 Å². The predicted molar refractivity (Wildman–Crippen MR) is 81.5 cm³/mol. The fraction of sp³-hybridized carbons (Fsp3) is 0.133. The summed E-state index contributed by atoms with van der Waals surface area (Å²) < 4.78 is 0.787. The molecule has 3 rings (SSSR count). The SMILES string of the molecule is CC.O=C(c1cccnc1)c1ccc2[nH]c(=O)sc2c1. The lowest BCUT2D eigenvalue weighted by Crippen LogP contribution is -2.01. The number of carbonyl (C=O) groups excluding carboxylic acids is 1. The number of H-pyrrole nitrogens is 1. The van der Waals surface area contributed by atoms with Gasteiger partial charge in [0.05, 0.1) is 10.2 Å². The Morgan fingerprint density at radius 2 is 2.00 bits per heavy atom. The molecular formula is C15H14N2O2S. The van der Waals surface area contributed by atoms with Crippen molar-refractivity contribution in [3.8, 4) is 0 Å². The largest absolute Gasteiger partial charge is 0.312 e. The third kappa shape index (κ3) is 2.83. The third-order valence-electron chi connectivity index (χ3n) is 2.61. The van der Waals surface area contributed by atoms with E-state index in [-0.39, 0.29) is 10.7 Å². The van der Waals surface area contributed by atoms with Crippen LogP contribution in [-0.4, -0.2) is 15.8 Å². The van der Waals surface area contributed by atoms with Crippen LogP contribution in [0.15, 0.2) is 47.5 Å². The summed E-state index contributed by atoms with van der Waals surface area (Å²) in [6.45, 7) is 4.00. The van der Waals surface area contributed by atoms with Crippen LogP contribution in [0.1, 0.15) is 29.8 Å². The van der Waals surface area contributed by atoms with E-state index in [1.165, 1.54) is 6.20 Å². The number of thiazole rings is 1.